The minimum Gasteiger partial charge on any atom is -0.618 e. The van der Waals surface area contributed by atoms with Crippen LogP contribution >= 0.6 is 0 Å². The summed E-state index contributed by atoms with van der Waals surface area (Å²) in [6.07, 6.45) is 0.556. The number of hydrogen-bond acceptors (Lipinski definition) is 5. The first-order valence-corrected chi connectivity index (χ1v) is 9.72. The highest BCUT2D eigenvalue weighted by Gasteiger charge is 2.45. The van der Waals surface area contributed by atoms with E-state index in [0.29, 0.717) is 0 Å². The highest BCUT2D eigenvalue weighted by atomic mass is 19.3. The van der Waals surface area contributed by atoms with Crippen LogP contribution in [0, 0.1) is 11.0 Å². The molecule has 0 bridgehead atoms. The Labute approximate surface area is 182 Å². The van der Waals surface area contributed by atoms with Crippen LogP contribution in [0.3, 0.4) is 0 Å². The lowest BCUT2D eigenvalue weighted by Gasteiger charge is -2.29. The van der Waals surface area contributed by atoms with E-state index in [2.05, 4.69) is 4.98 Å². The van der Waals surface area contributed by atoms with Crippen LogP contribution in [0.5, 0.6) is 0 Å². The van der Waals surface area contributed by atoms with E-state index in [0.717, 1.165) is 24.5 Å². The number of pyridine rings is 2. The van der Waals surface area contributed by atoms with Crippen LogP contribution in [0.2, 0.25) is 0 Å². The van der Waals surface area contributed by atoms with E-state index >= 15 is 13.2 Å². The van der Waals surface area contributed by atoms with Gasteiger partial charge in [-0.05, 0) is 39.3 Å². The van der Waals surface area contributed by atoms with E-state index in [1.54, 1.807) is 0 Å². The number of nitrogens with zero attached hydrogens (tertiary/aromatic N) is 3. The Morgan fingerprint density at radius 3 is 2.47 bits per heavy atom. The molecule has 2 heterocycles. The number of hydrogen-bond donors (Lipinski definition) is 1. The summed E-state index contributed by atoms with van der Waals surface area (Å²) in [5, 5.41) is 21.2. The van der Waals surface area contributed by atoms with Crippen LogP contribution in [0.1, 0.15) is 51.3 Å². The maximum Gasteiger partial charge on any atom is 0.416 e. The molecule has 0 saturated heterocycles. The van der Waals surface area contributed by atoms with Crippen LogP contribution in [0.25, 0.3) is 0 Å². The molecule has 174 valence electrons. The van der Waals surface area contributed by atoms with E-state index in [1.807, 2.05) is 0 Å². The quantitative estimate of drug-likeness (QED) is 0.500. The summed E-state index contributed by atoms with van der Waals surface area (Å²) < 4.78 is 50.4. The molecule has 11 heteroatoms. The van der Waals surface area contributed by atoms with Gasteiger partial charge >= 0.3 is 18.0 Å². The molecule has 1 amide bonds. The lowest BCUT2D eigenvalue weighted by molar-refractivity contribution is -0.624. The predicted octanol–water partition coefficient (Wildman–Crippen LogP) is 3.97. The molecule has 0 aliphatic heterocycles. The van der Waals surface area contributed by atoms with Crippen LogP contribution in [-0.2, 0) is 15.5 Å². The molecule has 2 aromatic heterocycles. The Kier molecular flexibility index (Phi) is 7.32. The molecular weight excluding hydrogens is 431 g/mol. The summed E-state index contributed by atoms with van der Waals surface area (Å²) in [5.74, 6) is -8.60. The van der Waals surface area contributed by atoms with Crippen LogP contribution < -0.4 is 9.63 Å². The molecule has 0 aliphatic carbocycles. The third-order valence-corrected chi connectivity index (χ3v) is 4.41. The van der Waals surface area contributed by atoms with Crippen molar-refractivity contribution in [2.45, 2.75) is 51.6 Å². The first-order valence-electron chi connectivity index (χ1n) is 9.72. The zero-order chi connectivity index (χ0) is 24.3. The number of amides is 1. The minimum absolute atomic E-state index is 0.0124. The van der Waals surface area contributed by atoms with Crippen molar-refractivity contribution in [2.24, 2.45) is 0 Å². The van der Waals surface area contributed by atoms with Crippen molar-refractivity contribution in [3.05, 3.63) is 58.9 Å². The number of aliphatic carboxylic acids is 1. The Hall–Kier alpha value is -3.37. The first kappa shape index (κ1) is 24.9. The largest absolute Gasteiger partial charge is 0.618 e. The van der Waals surface area contributed by atoms with E-state index in [-0.39, 0.29) is 21.6 Å². The third-order valence-electron chi connectivity index (χ3n) is 4.41. The molecule has 0 aliphatic rings. The van der Waals surface area contributed by atoms with Crippen molar-refractivity contribution in [1.29, 1.82) is 0 Å². The molecule has 1 unspecified atom stereocenters. The van der Waals surface area contributed by atoms with Gasteiger partial charge in [0.25, 0.3) is 5.69 Å². The smallest absolute Gasteiger partial charge is 0.416 e. The van der Waals surface area contributed by atoms with Crippen molar-refractivity contribution < 1.29 is 37.3 Å². The zero-order valence-electron chi connectivity index (χ0n) is 18.0. The average molecular weight is 455 g/mol. The highest BCUT2D eigenvalue weighted by molar-refractivity contribution is 5.87. The Balaban J connectivity index is 2.59. The van der Waals surface area contributed by atoms with E-state index in [9.17, 15) is 19.9 Å². The lowest BCUT2D eigenvalue weighted by Crippen LogP contribution is -2.47. The fourth-order valence-corrected chi connectivity index (χ4v) is 2.97. The summed E-state index contributed by atoms with van der Waals surface area (Å²) in [6, 6.07) is 4.45. The molecule has 0 aromatic carbocycles. The summed E-state index contributed by atoms with van der Waals surface area (Å²) in [5.41, 5.74) is -2.40. The maximum atomic E-state index is 15.3. The molecule has 1 atom stereocenters. The van der Waals surface area contributed by atoms with Gasteiger partial charge in [-0.25, -0.2) is 14.2 Å². The number of aromatic nitrogens is 2. The van der Waals surface area contributed by atoms with Gasteiger partial charge < -0.3 is 15.1 Å². The van der Waals surface area contributed by atoms with Gasteiger partial charge in [0.15, 0.2) is 17.8 Å². The second-order valence-electron chi connectivity index (χ2n) is 8.02. The van der Waals surface area contributed by atoms with E-state index < -0.39 is 53.4 Å². The third kappa shape index (κ3) is 5.65. The number of rotatable bonds is 7. The van der Waals surface area contributed by atoms with Gasteiger partial charge in [-0.2, -0.15) is 13.5 Å². The van der Waals surface area contributed by atoms with E-state index in [4.69, 9.17) is 4.74 Å². The minimum atomic E-state index is -3.92. The molecule has 32 heavy (non-hydrogen) atoms. The molecule has 2 aromatic rings. The van der Waals surface area contributed by atoms with Crippen molar-refractivity contribution in [1.82, 2.24) is 4.98 Å². The molecular formula is C21H24F3N3O5. The summed E-state index contributed by atoms with van der Waals surface area (Å²) in [7, 11) is 0. The Morgan fingerprint density at radius 2 is 1.94 bits per heavy atom. The number of ether oxygens (including phenoxy) is 1. The zero-order valence-corrected chi connectivity index (χ0v) is 18.0. The van der Waals surface area contributed by atoms with Crippen molar-refractivity contribution in [2.75, 3.05) is 11.4 Å². The second-order valence-corrected chi connectivity index (χ2v) is 8.02. The van der Waals surface area contributed by atoms with Gasteiger partial charge in [-0.1, -0.05) is 6.92 Å². The average Bonchev–Trinajstić information content (AvgIpc) is 2.67. The highest BCUT2D eigenvalue weighted by Crippen LogP contribution is 2.33. The number of carboxylic acids is 1. The van der Waals surface area contributed by atoms with Gasteiger partial charge in [-0.15, -0.1) is 0 Å². The fraction of sp³-hybridized carbons (Fsp3) is 0.429. The van der Waals surface area contributed by atoms with Crippen LogP contribution in [-0.4, -0.2) is 34.3 Å². The molecule has 1 N–H and O–H groups in total. The van der Waals surface area contributed by atoms with Gasteiger partial charge in [0.2, 0.25) is 0 Å². The summed E-state index contributed by atoms with van der Waals surface area (Å²) in [6.45, 7) is 4.51. The second kappa shape index (κ2) is 9.41. The Bertz CT molecular complexity index is 995. The lowest BCUT2D eigenvalue weighted by atomic mass is 9.97. The molecule has 0 radical (unpaired) electrons. The standard InChI is InChI=1S/C21H24F3N3O5/c1-5-13(18(28)29)14-9-10-25-17(16(14)22)26(19(30)32-20(2,3)4)12-21(23,24)15-8-6-7-11-27(15)31/h6-11,13H,5,12H2,1-4H3,(H,28,29). The van der Waals surface area contributed by atoms with Gasteiger partial charge in [-0.3, -0.25) is 9.69 Å². The van der Waals surface area contributed by atoms with Gasteiger partial charge in [0, 0.05) is 23.9 Å². The SMILES string of the molecule is CCC(C(=O)O)c1ccnc(N(CC(F)(F)c2cccc[n+]2[O-])C(=O)OC(C)(C)C)c1F. The van der Waals surface area contributed by atoms with Crippen LogP contribution in [0.4, 0.5) is 23.8 Å². The molecule has 8 nitrogen and oxygen atoms in total. The molecule has 0 spiro atoms. The molecule has 2 rings (SSSR count). The number of carbonyl (C=O) groups excluding carboxylic acids is 1. The number of carboxylic acid groups (broad SMARTS) is 1. The Morgan fingerprint density at radius 1 is 1.28 bits per heavy atom. The molecule has 0 saturated carbocycles. The fourth-order valence-electron chi connectivity index (χ4n) is 2.97. The topological polar surface area (TPSA) is 107 Å². The van der Waals surface area contributed by atoms with E-state index in [1.165, 1.54) is 39.8 Å². The van der Waals surface area contributed by atoms with Crippen LogP contribution in [0.15, 0.2) is 36.7 Å². The number of anilines is 1. The number of halogens is 3. The maximum absolute atomic E-state index is 15.3. The molecule has 0 fully saturated rings. The summed E-state index contributed by atoms with van der Waals surface area (Å²) >= 11 is 0. The first-order chi connectivity index (χ1) is 14.8. The van der Waals surface area contributed by atoms with Gasteiger partial charge in [0.05, 0.1) is 5.92 Å². The van der Waals surface area contributed by atoms with Crippen molar-refractivity contribution in [3.8, 4) is 0 Å². The summed E-state index contributed by atoms with van der Waals surface area (Å²) in [4.78, 5) is 28.2. The monoisotopic (exact) mass is 455 g/mol. The van der Waals surface area contributed by atoms with Gasteiger partial charge in [0.1, 0.15) is 12.1 Å². The number of carbonyl (C=O) groups is 2. The number of alkyl halides is 2. The normalized spacial score (nSPS) is 12.8. The van der Waals surface area contributed by atoms with Crippen molar-refractivity contribution >= 4 is 17.9 Å². The predicted molar refractivity (Wildman–Crippen MR) is 108 cm³/mol. The van der Waals surface area contributed by atoms with Crippen molar-refractivity contribution in [3.63, 3.8) is 0 Å².